The van der Waals surface area contributed by atoms with Crippen molar-refractivity contribution in [3.05, 3.63) is 35.2 Å². The van der Waals surface area contributed by atoms with E-state index in [1.807, 2.05) is 32.0 Å². The Morgan fingerprint density at radius 2 is 2.00 bits per heavy atom. The molecule has 1 aromatic carbocycles. The van der Waals surface area contributed by atoms with Gasteiger partial charge in [-0.2, -0.15) is 0 Å². The van der Waals surface area contributed by atoms with Gasteiger partial charge in [0, 0.05) is 11.6 Å². The van der Waals surface area contributed by atoms with Crippen LogP contribution in [-0.4, -0.2) is 38.8 Å². The molecule has 3 N–H and O–H groups in total. The fraction of sp³-hybridized carbons (Fsp3) is 0.444. The number of hydrogen-bond donors (Lipinski definition) is 3. The number of aromatic nitrogens is 3. The van der Waals surface area contributed by atoms with Gasteiger partial charge in [0.1, 0.15) is 5.82 Å². The lowest BCUT2D eigenvalue weighted by Crippen LogP contribution is -2.37. The maximum Gasteiger partial charge on any atom is 0.243 e. The minimum absolute atomic E-state index is 0.0706. The average molecular weight is 373 g/mol. The van der Waals surface area contributed by atoms with Gasteiger partial charge in [-0.1, -0.05) is 30.0 Å². The molecule has 0 aliphatic heterocycles. The Balaban J connectivity index is 1.47. The van der Waals surface area contributed by atoms with E-state index in [9.17, 15) is 9.59 Å². The number of carbonyl (C=O) groups is 2. The molecule has 0 bridgehead atoms. The molecule has 1 aromatic heterocycles. The van der Waals surface area contributed by atoms with Gasteiger partial charge in [0.2, 0.25) is 17.0 Å². The van der Waals surface area contributed by atoms with Gasteiger partial charge in [0.15, 0.2) is 0 Å². The van der Waals surface area contributed by atoms with E-state index in [4.69, 9.17) is 0 Å². The van der Waals surface area contributed by atoms with Crippen molar-refractivity contribution in [2.75, 3.05) is 11.9 Å². The molecule has 0 saturated heterocycles. The quantitative estimate of drug-likeness (QED) is 0.648. The summed E-state index contributed by atoms with van der Waals surface area (Å²) in [5, 5.41) is 12.8. The Labute approximate surface area is 156 Å². The van der Waals surface area contributed by atoms with E-state index in [0.717, 1.165) is 35.5 Å². The Morgan fingerprint density at radius 3 is 2.65 bits per heavy atom. The van der Waals surface area contributed by atoms with Gasteiger partial charge in [-0.05, 0) is 44.7 Å². The lowest BCUT2D eigenvalue weighted by Gasteiger charge is -2.13. The third-order valence-corrected chi connectivity index (χ3v) is 5.23. The van der Waals surface area contributed by atoms with Crippen molar-refractivity contribution in [1.82, 2.24) is 20.5 Å². The van der Waals surface area contributed by atoms with Crippen LogP contribution >= 0.6 is 11.8 Å². The van der Waals surface area contributed by atoms with Crippen LogP contribution in [0.4, 0.5) is 5.69 Å². The molecule has 138 valence electrons. The second-order valence-corrected chi connectivity index (χ2v) is 7.88. The molecule has 1 heterocycles. The number of aromatic amines is 1. The fourth-order valence-corrected chi connectivity index (χ4v) is 3.32. The minimum Gasteiger partial charge on any atom is -0.346 e. The standard InChI is InChI=1S/C18H23N5O2S/c1-10-5-4-6-11(2)15(10)20-14(24)9-19-17(25)12(3)26-18-21-16(22-23-18)13-7-8-13/h4-6,12-13H,7-9H2,1-3H3,(H,19,25)(H,20,24)(H,21,22,23)/t12-/m0/s1. The first-order valence-corrected chi connectivity index (χ1v) is 9.54. The molecule has 0 radical (unpaired) electrons. The molecule has 2 aromatic rings. The molecular weight excluding hydrogens is 350 g/mol. The van der Waals surface area contributed by atoms with Crippen molar-refractivity contribution in [2.45, 2.75) is 49.9 Å². The lowest BCUT2D eigenvalue weighted by molar-refractivity contribution is -0.123. The number of carbonyl (C=O) groups excluding carboxylic acids is 2. The van der Waals surface area contributed by atoms with Crippen LogP contribution in [0.3, 0.4) is 0 Å². The maximum absolute atomic E-state index is 12.2. The van der Waals surface area contributed by atoms with E-state index in [2.05, 4.69) is 25.8 Å². The van der Waals surface area contributed by atoms with Gasteiger partial charge in [-0.25, -0.2) is 4.98 Å². The smallest absolute Gasteiger partial charge is 0.243 e. The molecule has 1 saturated carbocycles. The molecule has 0 spiro atoms. The zero-order valence-electron chi connectivity index (χ0n) is 15.1. The number of thioether (sulfide) groups is 1. The van der Waals surface area contributed by atoms with Crippen LogP contribution < -0.4 is 10.6 Å². The second-order valence-electron chi connectivity index (χ2n) is 6.57. The number of aryl methyl sites for hydroxylation is 2. The van der Waals surface area contributed by atoms with E-state index >= 15 is 0 Å². The molecule has 7 nitrogen and oxygen atoms in total. The molecule has 1 fully saturated rings. The predicted octanol–water partition coefficient (Wildman–Crippen LogP) is 2.53. The van der Waals surface area contributed by atoms with E-state index < -0.39 is 0 Å². The summed E-state index contributed by atoms with van der Waals surface area (Å²) < 4.78 is 0. The van der Waals surface area contributed by atoms with Crippen LogP contribution in [0, 0.1) is 13.8 Å². The predicted molar refractivity (Wildman–Crippen MR) is 101 cm³/mol. The van der Waals surface area contributed by atoms with Gasteiger partial charge < -0.3 is 10.6 Å². The second kappa shape index (κ2) is 7.90. The molecular formula is C18H23N5O2S. The minimum atomic E-state index is -0.383. The first-order chi connectivity index (χ1) is 12.4. The number of H-pyrrole nitrogens is 1. The van der Waals surface area contributed by atoms with Crippen molar-refractivity contribution in [3.63, 3.8) is 0 Å². The van der Waals surface area contributed by atoms with Crippen LogP contribution in [0.5, 0.6) is 0 Å². The maximum atomic E-state index is 12.2. The van der Waals surface area contributed by atoms with Crippen molar-refractivity contribution >= 4 is 29.3 Å². The van der Waals surface area contributed by atoms with Crippen LogP contribution in [0.2, 0.25) is 0 Å². The van der Waals surface area contributed by atoms with Crippen molar-refractivity contribution in [2.24, 2.45) is 0 Å². The number of hydrogen-bond acceptors (Lipinski definition) is 5. The number of rotatable bonds is 7. The Kier molecular flexibility index (Phi) is 5.61. The molecule has 1 atom stereocenters. The van der Waals surface area contributed by atoms with Crippen LogP contribution in [0.1, 0.15) is 42.6 Å². The number of amides is 2. The van der Waals surface area contributed by atoms with Gasteiger partial charge in [-0.3, -0.25) is 14.7 Å². The summed E-state index contributed by atoms with van der Waals surface area (Å²) in [4.78, 5) is 28.7. The summed E-state index contributed by atoms with van der Waals surface area (Å²) in [6, 6.07) is 5.82. The summed E-state index contributed by atoms with van der Waals surface area (Å²) in [6.07, 6.45) is 2.29. The summed E-state index contributed by atoms with van der Waals surface area (Å²) >= 11 is 1.28. The Morgan fingerprint density at radius 1 is 1.31 bits per heavy atom. The molecule has 26 heavy (non-hydrogen) atoms. The Bertz CT molecular complexity index is 795. The van der Waals surface area contributed by atoms with E-state index in [1.165, 1.54) is 11.8 Å². The molecule has 1 aliphatic carbocycles. The molecule has 1 aliphatic rings. The topological polar surface area (TPSA) is 99.8 Å². The van der Waals surface area contributed by atoms with Gasteiger partial charge in [0.05, 0.1) is 11.8 Å². The number of nitrogens with one attached hydrogen (secondary N) is 3. The highest BCUT2D eigenvalue weighted by molar-refractivity contribution is 8.00. The monoisotopic (exact) mass is 373 g/mol. The SMILES string of the molecule is Cc1cccc(C)c1NC(=O)CNC(=O)[C@H](C)Sc1n[nH]c(C2CC2)n1. The number of para-hydroxylation sites is 1. The van der Waals surface area contributed by atoms with Crippen LogP contribution in [0.25, 0.3) is 0 Å². The Hall–Kier alpha value is -2.35. The normalized spacial score (nSPS) is 14.7. The summed E-state index contributed by atoms with van der Waals surface area (Å²) in [5.74, 6) is 0.925. The molecule has 8 heteroatoms. The molecule has 0 unspecified atom stereocenters. The third-order valence-electron chi connectivity index (χ3n) is 4.27. The zero-order valence-corrected chi connectivity index (χ0v) is 15.9. The van der Waals surface area contributed by atoms with Gasteiger partial charge in [0.25, 0.3) is 0 Å². The largest absolute Gasteiger partial charge is 0.346 e. The first kappa shape index (κ1) is 18.4. The van der Waals surface area contributed by atoms with Gasteiger partial charge >= 0.3 is 0 Å². The van der Waals surface area contributed by atoms with E-state index in [-0.39, 0.29) is 23.6 Å². The summed E-state index contributed by atoms with van der Waals surface area (Å²) in [5.41, 5.74) is 2.77. The lowest BCUT2D eigenvalue weighted by atomic mass is 10.1. The zero-order chi connectivity index (χ0) is 18.7. The molecule has 2 amide bonds. The van der Waals surface area contributed by atoms with Crippen molar-refractivity contribution in [3.8, 4) is 0 Å². The van der Waals surface area contributed by atoms with Crippen molar-refractivity contribution < 1.29 is 9.59 Å². The van der Waals surface area contributed by atoms with Crippen LogP contribution in [-0.2, 0) is 9.59 Å². The fourth-order valence-electron chi connectivity index (χ4n) is 2.57. The molecule has 3 rings (SSSR count). The van der Waals surface area contributed by atoms with E-state index in [1.54, 1.807) is 6.92 Å². The average Bonchev–Trinajstić information content (AvgIpc) is 3.36. The number of benzene rings is 1. The number of nitrogens with zero attached hydrogens (tertiary/aromatic N) is 2. The third kappa shape index (κ3) is 4.63. The van der Waals surface area contributed by atoms with Crippen LogP contribution in [0.15, 0.2) is 23.4 Å². The highest BCUT2D eigenvalue weighted by Gasteiger charge is 2.28. The number of anilines is 1. The highest BCUT2D eigenvalue weighted by Crippen LogP contribution is 2.38. The van der Waals surface area contributed by atoms with Crippen molar-refractivity contribution in [1.29, 1.82) is 0 Å². The summed E-state index contributed by atoms with van der Waals surface area (Å²) in [6.45, 7) is 5.58. The highest BCUT2D eigenvalue weighted by atomic mass is 32.2. The van der Waals surface area contributed by atoms with E-state index in [0.29, 0.717) is 11.1 Å². The summed E-state index contributed by atoms with van der Waals surface area (Å²) in [7, 11) is 0. The van der Waals surface area contributed by atoms with Gasteiger partial charge in [-0.15, -0.1) is 5.10 Å². The first-order valence-electron chi connectivity index (χ1n) is 8.66.